The predicted octanol–water partition coefficient (Wildman–Crippen LogP) is 4.05. The summed E-state index contributed by atoms with van der Waals surface area (Å²) < 4.78 is 5.17. The second-order valence-electron chi connectivity index (χ2n) is 7.54. The monoisotopic (exact) mass is 455 g/mol. The fraction of sp³-hybridized carbons (Fsp3) is 0.333. The van der Waals surface area contributed by atoms with Gasteiger partial charge in [-0.2, -0.15) is 0 Å². The first-order valence-corrected chi connectivity index (χ1v) is 11.0. The van der Waals surface area contributed by atoms with Gasteiger partial charge in [0.2, 0.25) is 11.8 Å². The first-order valence-electron chi connectivity index (χ1n) is 10.5. The van der Waals surface area contributed by atoms with E-state index in [2.05, 4.69) is 16.0 Å². The minimum absolute atomic E-state index is 0.0174. The van der Waals surface area contributed by atoms with Gasteiger partial charge in [-0.05, 0) is 48.8 Å². The Balaban J connectivity index is 1.65. The highest BCUT2D eigenvalue weighted by Gasteiger charge is 2.11. The molecule has 0 spiro atoms. The van der Waals surface area contributed by atoms with Crippen LogP contribution in [0.4, 0.5) is 11.4 Å². The van der Waals surface area contributed by atoms with E-state index in [0.29, 0.717) is 18.0 Å². The van der Waals surface area contributed by atoms with Crippen LogP contribution in [0.2, 0.25) is 0 Å². The number of benzene rings is 2. The Labute approximate surface area is 193 Å². The smallest absolute Gasteiger partial charge is 0.306 e. The normalized spacial score (nSPS) is 10.3. The van der Waals surface area contributed by atoms with Crippen molar-refractivity contribution in [2.24, 2.45) is 5.92 Å². The molecule has 2 rings (SSSR count). The lowest BCUT2D eigenvalue weighted by Gasteiger charge is -2.12. The fourth-order valence-electron chi connectivity index (χ4n) is 2.71. The maximum absolute atomic E-state index is 12.0. The van der Waals surface area contributed by atoms with Crippen molar-refractivity contribution in [1.29, 1.82) is 0 Å². The number of carbonyl (C=O) groups is 3. The quantitative estimate of drug-likeness (QED) is 0.284. The number of nitrogens with one attached hydrogen (secondary N) is 3. The van der Waals surface area contributed by atoms with Gasteiger partial charge in [-0.25, -0.2) is 0 Å². The maximum Gasteiger partial charge on any atom is 0.306 e. The van der Waals surface area contributed by atoms with Gasteiger partial charge in [-0.3, -0.25) is 14.4 Å². The van der Waals surface area contributed by atoms with Crippen LogP contribution in [0, 0.1) is 5.92 Å². The predicted molar refractivity (Wildman–Crippen MR) is 129 cm³/mol. The Hall–Kier alpha value is -3.26. The number of aryl methyl sites for hydroxylation is 1. The summed E-state index contributed by atoms with van der Waals surface area (Å²) in [5, 5.41) is 8.34. The van der Waals surface area contributed by atoms with Crippen LogP contribution in [-0.4, -0.2) is 29.5 Å². The average Bonchev–Trinajstić information content (AvgIpc) is 2.76. The van der Waals surface area contributed by atoms with E-state index < -0.39 is 5.97 Å². The number of anilines is 2. The van der Waals surface area contributed by atoms with Crippen LogP contribution in [0.25, 0.3) is 0 Å². The molecule has 0 heterocycles. The minimum atomic E-state index is -0.416. The summed E-state index contributed by atoms with van der Waals surface area (Å²) in [5.41, 5.74) is 2.43. The molecule has 0 aliphatic rings. The van der Waals surface area contributed by atoms with Crippen LogP contribution in [0.3, 0.4) is 0 Å². The number of esters is 1. The average molecular weight is 456 g/mol. The summed E-state index contributed by atoms with van der Waals surface area (Å²) >= 11 is 5.15. The third kappa shape index (κ3) is 9.70. The topological polar surface area (TPSA) is 96.5 Å². The molecule has 170 valence electrons. The third-order valence-electron chi connectivity index (χ3n) is 4.44. The number of ether oxygens (including phenoxy) is 1. The lowest BCUT2D eigenvalue weighted by atomic mass is 10.1. The summed E-state index contributed by atoms with van der Waals surface area (Å²) in [6, 6.07) is 17.0. The summed E-state index contributed by atoms with van der Waals surface area (Å²) in [6.07, 6.45) is 1.52. The molecule has 32 heavy (non-hydrogen) atoms. The molecule has 0 radical (unpaired) electrons. The number of thiocarbonyl (C=S) groups is 1. The van der Waals surface area contributed by atoms with Gasteiger partial charge >= 0.3 is 5.97 Å². The molecule has 8 heteroatoms. The molecule has 7 nitrogen and oxygen atoms in total. The molecule has 3 N–H and O–H groups in total. The summed E-state index contributed by atoms with van der Waals surface area (Å²) in [4.78, 5) is 35.7. The molecule has 2 aromatic carbocycles. The molecule has 2 aromatic rings. The first-order chi connectivity index (χ1) is 15.3. The molecular weight excluding hydrogens is 426 g/mol. The van der Waals surface area contributed by atoms with E-state index >= 15 is 0 Å². The summed E-state index contributed by atoms with van der Waals surface area (Å²) in [6.45, 7) is 3.93. The molecule has 0 fully saturated rings. The van der Waals surface area contributed by atoms with E-state index in [1.54, 1.807) is 24.3 Å². The van der Waals surface area contributed by atoms with Gasteiger partial charge in [0.05, 0.1) is 13.0 Å². The zero-order valence-electron chi connectivity index (χ0n) is 18.4. The van der Waals surface area contributed by atoms with E-state index in [4.69, 9.17) is 17.0 Å². The molecule has 0 aliphatic heterocycles. The van der Waals surface area contributed by atoms with Crippen molar-refractivity contribution < 1.29 is 19.1 Å². The Morgan fingerprint density at radius 2 is 1.62 bits per heavy atom. The van der Waals surface area contributed by atoms with E-state index in [0.717, 1.165) is 12.8 Å². The van der Waals surface area contributed by atoms with E-state index in [9.17, 15) is 14.4 Å². The summed E-state index contributed by atoms with van der Waals surface area (Å²) in [5.74, 6) is -1.03. The zero-order valence-corrected chi connectivity index (χ0v) is 19.2. The van der Waals surface area contributed by atoms with Gasteiger partial charge in [0.25, 0.3) is 0 Å². The van der Waals surface area contributed by atoms with Gasteiger partial charge in [0, 0.05) is 23.7 Å². The van der Waals surface area contributed by atoms with Crippen LogP contribution in [0.15, 0.2) is 54.6 Å². The molecule has 0 aromatic heterocycles. The number of carbonyl (C=O) groups excluding carboxylic acids is 3. The van der Waals surface area contributed by atoms with Crippen molar-refractivity contribution in [2.75, 3.05) is 17.2 Å². The molecule has 2 amide bonds. The van der Waals surface area contributed by atoms with Crippen molar-refractivity contribution in [3.05, 3.63) is 60.2 Å². The van der Waals surface area contributed by atoms with Gasteiger partial charge in [0.1, 0.15) is 0 Å². The fourth-order valence-corrected chi connectivity index (χ4v) is 2.94. The Kier molecular flexibility index (Phi) is 10.3. The lowest BCUT2D eigenvalue weighted by molar-refractivity contribution is -0.145. The third-order valence-corrected chi connectivity index (χ3v) is 4.64. The second kappa shape index (κ2) is 13.2. The lowest BCUT2D eigenvalue weighted by Crippen LogP contribution is -2.34. The van der Waals surface area contributed by atoms with Crippen molar-refractivity contribution in [3.63, 3.8) is 0 Å². The number of amides is 2. The van der Waals surface area contributed by atoms with E-state index in [1.807, 2.05) is 44.2 Å². The number of rotatable bonds is 10. The molecule has 0 aliphatic carbocycles. The van der Waals surface area contributed by atoms with Crippen LogP contribution in [0.5, 0.6) is 0 Å². The Morgan fingerprint density at radius 1 is 0.938 bits per heavy atom. The molecule has 0 unspecified atom stereocenters. The van der Waals surface area contributed by atoms with Crippen LogP contribution in [0.1, 0.15) is 38.7 Å². The molecule has 0 atom stereocenters. The van der Waals surface area contributed by atoms with Gasteiger partial charge < -0.3 is 20.7 Å². The second-order valence-corrected chi connectivity index (χ2v) is 7.94. The standard InChI is InChI=1S/C24H29N3O4S/c1-17(2)23(30)25-19-11-6-12-20(16-19)26-24(32)27-21(28)13-14-22(29)31-15-7-10-18-8-4-3-5-9-18/h3-6,8-9,11-12,16-17H,7,10,13-15H2,1-2H3,(H,25,30)(H2,26,27,28,32). The number of hydrogen-bond donors (Lipinski definition) is 3. The molecule has 0 bridgehead atoms. The van der Waals surface area contributed by atoms with E-state index in [-0.39, 0.29) is 35.7 Å². The Morgan fingerprint density at radius 3 is 2.31 bits per heavy atom. The van der Waals surface area contributed by atoms with Crippen molar-refractivity contribution >= 4 is 46.5 Å². The van der Waals surface area contributed by atoms with Crippen molar-refractivity contribution in [1.82, 2.24) is 5.32 Å². The van der Waals surface area contributed by atoms with Gasteiger partial charge in [-0.1, -0.05) is 50.2 Å². The van der Waals surface area contributed by atoms with Crippen molar-refractivity contribution in [2.45, 2.75) is 39.5 Å². The molecule has 0 saturated heterocycles. The molecule has 0 saturated carbocycles. The van der Waals surface area contributed by atoms with Gasteiger partial charge in [-0.15, -0.1) is 0 Å². The highest BCUT2D eigenvalue weighted by atomic mass is 32.1. The van der Waals surface area contributed by atoms with Crippen LogP contribution in [-0.2, 0) is 25.5 Å². The van der Waals surface area contributed by atoms with Gasteiger partial charge in [0.15, 0.2) is 5.11 Å². The van der Waals surface area contributed by atoms with Crippen molar-refractivity contribution in [3.8, 4) is 0 Å². The molecular formula is C24H29N3O4S. The minimum Gasteiger partial charge on any atom is -0.466 e. The zero-order chi connectivity index (χ0) is 23.3. The van der Waals surface area contributed by atoms with Crippen LogP contribution >= 0.6 is 12.2 Å². The highest BCUT2D eigenvalue weighted by Crippen LogP contribution is 2.16. The highest BCUT2D eigenvalue weighted by molar-refractivity contribution is 7.80. The SMILES string of the molecule is CC(C)C(=O)Nc1cccc(NC(=S)NC(=O)CCC(=O)OCCCc2ccccc2)c1. The Bertz CT molecular complexity index is 932. The number of hydrogen-bond acceptors (Lipinski definition) is 5. The largest absolute Gasteiger partial charge is 0.466 e. The first kappa shape index (κ1) is 25.0. The summed E-state index contributed by atoms with van der Waals surface area (Å²) in [7, 11) is 0. The van der Waals surface area contributed by atoms with Crippen LogP contribution < -0.4 is 16.0 Å². The van der Waals surface area contributed by atoms with E-state index in [1.165, 1.54) is 5.56 Å². The maximum atomic E-state index is 12.0.